The first-order valence-electron chi connectivity index (χ1n) is 9.68. The third-order valence-corrected chi connectivity index (χ3v) is 5.64. The fourth-order valence-corrected chi connectivity index (χ4v) is 3.98. The van der Waals surface area contributed by atoms with Crippen molar-refractivity contribution in [2.24, 2.45) is 0 Å². The Labute approximate surface area is 188 Å². The second-order valence-electron chi connectivity index (χ2n) is 7.24. The van der Waals surface area contributed by atoms with Gasteiger partial charge in [-0.1, -0.05) is 35.3 Å². The van der Waals surface area contributed by atoms with Gasteiger partial charge in [0, 0.05) is 34.5 Å². The van der Waals surface area contributed by atoms with Crippen LogP contribution in [-0.2, 0) is 11.2 Å². The molecule has 0 aliphatic heterocycles. The van der Waals surface area contributed by atoms with E-state index in [0.29, 0.717) is 39.1 Å². The number of nitrogens with zero attached hydrogens (tertiary/aromatic N) is 3. The second-order valence-corrected chi connectivity index (χ2v) is 8.09. The Bertz CT molecular complexity index is 1300. The van der Waals surface area contributed by atoms with Crippen molar-refractivity contribution in [3.05, 3.63) is 81.3 Å². The van der Waals surface area contributed by atoms with Gasteiger partial charge in [-0.3, -0.25) is 4.79 Å². The van der Waals surface area contributed by atoms with Crippen LogP contribution < -0.4 is 5.32 Å². The molecule has 0 bridgehead atoms. The maximum atomic E-state index is 13.6. The normalized spacial score (nSPS) is 11.1. The summed E-state index contributed by atoms with van der Waals surface area (Å²) < 4.78 is 15.3. The average Bonchev–Trinajstić information content (AvgIpc) is 3.14. The summed E-state index contributed by atoms with van der Waals surface area (Å²) in [6.45, 7) is 3.85. The van der Waals surface area contributed by atoms with Crippen LogP contribution in [0.5, 0.6) is 0 Å². The zero-order valence-electron chi connectivity index (χ0n) is 16.9. The molecule has 2 aromatic carbocycles. The number of fused-ring (bicyclic) bond motifs is 1. The number of carbonyl (C=O) groups excluding carboxylic acids is 1. The molecule has 2 aromatic heterocycles. The lowest BCUT2D eigenvalue weighted by atomic mass is 10.1. The van der Waals surface area contributed by atoms with Crippen molar-refractivity contribution in [3.8, 4) is 11.3 Å². The van der Waals surface area contributed by atoms with Gasteiger partial charge in [0.2, 0.25) is 5.91 Å². The predicted molar refractivity (Wildman–Crippen MR) is 121 cm³/mol. The number of halogens is 3. The van der Waals surface area contributed by atoms with E-state index in [1.165, 1.54) is 12.1 Å². The van der Waals surface area contributed by atoms with Crippen molar-refractivity contribution < 1.29 is 9.18 Å². The van der Waals surface area contributed by atoms with Crippen molar-refractivity contribution >= 4 is 40.4 Å². The molecule has 0 aliphatic rings. The van der Waals surface area contributed by atoms with Gasteiger partial charge < -0.3 is 5.32 Å². The average molecular weight is 457 g/mol. The number of aromatic nitrogens is 3. The van der Waals surface area contributed by atoms with Gasteiger partial charge in [0.25, 0.3) is 0 Å². The highest BCUT2D eigenvalue weighted by molar-refractivity contribution is 6.36. The van der Waals surface area contributed by atoms with Gasteiger partial charge in [-0.15, -0.1) is 0 Å². The van der Waals surface area contributed by atoms with E-state index < -0.39 is 0 Å². The highest BCUT2D eigenvalue weighted by Crippen LogP contribution is 2.26. The quantitative estimate of drug-likeness (QED) is 0.398. The number of benzene rings is 2. The third kappa shape index (κ3) is 4.55. The molecule has 0 fully saturated rings. The number of nitrogens with one attached hydrogen (secondary N) is 1. The van der Waals surface area contributed by atoms with Gasteiger partial charge in [0.15, 0.2) is 5.65 Å². The van der Waals surface area contributed by atoms with E-state index in [4.69, 9.17) is 23.2 Å². The number of hydrogen-bond acceptors (Lipinski definition) is 3. The van der Waals surface area contributed by atoms with E-state index in [9.17, 15) is 9.18 Å². The Morgan fingerprint density at radius 3 is 2.68 bits per heavy atom. The Balaban J connectivity index is 1.55. The molecule has 4 rings (SSSR count). The Morgan fingerprint density at radius 1 is 1.13 bits per heavy atom. The van der Waals surface area contributed by atoms with Crippen LogP contribution in [0, 0.1) is 19.7 Å². The molecular formula is C23H19Cl2FN4O. The van der Waals surface area contributed by atoms with Crippen LogP contribution in [0.1, 0.15) is 23.4 Å². The summed E-state index contributed by atoms with van der Waals surface area (Å²) in [4.78, 5) is 17.1. The van der Waals surface area contributed by atoms with E-state index in [2.05, 4.69) is 15.4 Å². The van der Waals surface area contributed by atoms with Crippen LogP contribution in [0.25, 0.3) is 16.9 Å². The highest BCUT2D eigenvalue weighted by Gasteiger charge is 2.15. The summed E-state index contributed by atoms with van der Waals surface area (Å²) in [5, 5.41) is 8.30. The maximum Gasteiger partial charge on any atom is 0.224 e. The molecule has 0 atom stereocenters. The van der Waals surface area contributed by atoms with E-state index in [1.54, 1.807) is 34.8 Å². The zero-order valence-corrected chi connectivity index (χ0v) is 18.4. The van der Waals surface area contributed by atoms with Crippen LogP contribution >= 0.6 is 23.2 Å². The van der Waals surface area contributed by atoms with Crippen molar-refractivity contribution in [3.63, 3.8) is 0 Å². The van der Waals surface area contributed by atoms with Gasteiger partial charge in [-0.2, -0.15) is 5.10 Å². The number of amides is 1. The monoisotopic (exact) mass is 456 g/mol. The molecule has 0 spiro atoms. The molecule has 0 radical (unpaired) electrons. The SMILES string of the molecule is Cc1nc2cc(-c3cccc(F)c3)nn2c(C)c1CCC(=O)Nc1ccc(Cl)cc1Cl. The molecule has 2 heterocycles. The standard InChI is InChI=1S/C23H19Cl2FN4O/c1-13-18(7-9-23(31)28-20-8-6-16(24)11-19(20)25)14(2)30-22(27-13)12-21(29-30)15-4-3-5-17(26)10-15/h3-6,8,10-12H,7,9H2,1-2H3,(H,28,31). The Morgan fingerprint density at radius 2 is 1.94 bits per heavy atom. The third-order valence-electron chi connectivity index (χ3n) is 5.09. The van der Waals surface area contributed by atoms with E-state index in [0.717, 1.165) is 17.0 Å². The lowest BCUT2D eigenvalue weighted by Crippen LogP contribution is -2.14. The van der Waals surface area contributed by atoms with Crippen molar-refractivity contribution in [1.29, 1.82) is 0 Å². The minimum Gasteiger partial charge on any atom is -0.325 e. The predicted octanol–water partition coefficient (Wildman–Crippen LogP) is 6.03. The molecule has 0 saturated carbocycles. The summed E-state index contributed by atoms with van der Waals surface area (Å²) in [6.07, 6.45) is 0.749. The number of rotatable bonds is 5. The van der Waals surface area contributed by atoms with Crippen LogP contribution in [0.15, 0.2) is 48.5 Å². The largest absolute Gasteiger partial charge is 0.325 e. The van der Waals surface area contributed by atoms with Gasteiger partial charge in [-0.25, -0.2) is 13.9 Å². The first-order valence-corrected chi connectivity index (χ1v) is 10.4. The minimum atomic E-state index is -0.317. The van der Waals surface area contributed by atoms with Crippen LogP contribution in [-0.4, -0.2) is 20.5 Å². The molecule has 0 aliphatic carbocycles. The summed E-state index contributed by atoms with van der Waals surface area (Å²) in [5.74, 6) is -0.480. The molecule has 0 unspecified atom stereocenters. The molecule has 1 N–H and O–H groups in total. The molecule has 8 heteroatoms. The molecule has 0 saturated heterocycles. The second kappa shape index (κ2) is 8.65. The Hall–Kier alpha value is -2.96. The number of anilines is 1. The van der Waals surface area contributed by atoms with Gasteiger partial charge in [0.05, 0.1) is 16.4 Å². The van der Waals surface area contributed by atoms with E-state index >= 15 is 0 Å². The van der Waals surface area contributed by atoms with Crippen molar-refractivity contribution in [1.82, 2.24) is 14.6 Å². The maximum absolute atomic E-state index is 13.6. The fraction of sp³-hybridized carbons (Fsp3) is 0.174. The van der Waals surface area contributed by atoms with Gasteiger partial charge in [0.1, 0.15) is 5.82 Å². The van der Waals surface area contributed by atoms with Crippen LogP contribution in [0.3, 0.4) is 0 Å². The summed E-state index contributed by atoms with van der Waals surface area (Å²) >= 11 is 12.0. The highest BCUT2D eigenvalue weighted by atomic mass is 35.5. The summed E-state index contributed by atoms with van der Waals surface area (Å²) in [6, 6.07) is 13.0. The zero-order chi connectivity index (χ0) is 22.1. The molecule has 31 heavy (non-hydrogen) atoms. The smallest absolute Gasteiger partial charge is 0.224 e. The van der Waals surface area contributed by atoms with Crippen molar-refractivity contribution in [2.75, 3.05) is 5.32 Å². The van der Waals surface area contributed by atoms with Gasteiger partial charge >= 0.3 is 0 Å². The molecule has 5 nitrogen and oxygen atoms in total. The lowest BCUT2D eigenvalue weighted by molar-refractivity contribution is -0.116. The molecule has 4 aromatic rings. The van der Waals surface area contributed by atoms with Gasteiger partial charge in [-0.05, 0) is 56.2 Å². The molecular weight excluding hydrogens is 438 g/mol. The summed E-state index contributed by atoms with van der Waals surface area (Å²) in [5.41, 5.74) is 5.18. The topological polar surface area (TPSA) is 59.3 Å². The van der Waals surface area contributed by atoms with Crippen LogP contribution in [0.2, 0.25) is 10.0 Å². The van der Waals surface area contributed by atoms with E-state index in [1.807, 2.05) is 19.9 Å². The number of carbonyl (C=O) groups is 1. The number of aryl methyl sites for hydroxylation is 2. The number of hydrogen-bond donors (Lipinski definition) is 1. The molecule has 158 valence electrons. The van der Waals surface area contributed by atoms with E-state index in [-0.39, 0.29) is 18.1 Å². The summed E-state index contributed by atoms with van der Waals surface area (Å²) in [7, 11) is 0. The first-order chi connectivity index (χ1) is 14.8. The fourth-order valence-electron chi connectivity index (χ4n) is 3.52. The van der Waals surface area contributed by atoms with Crippen molar-refractivity contribution in [2.45, 2.75) is 26.7 Å². The molecule has 1 amide bonds. The first kappa shape index (κ1) is 21.3. The Kier molecular flexibility index (Phi) is 5.94. The minimum absolute atomic E-state index is 0.163. The lowest BCUT2D eigenvalue weighted by Gasteiger charge is -2.11. The van der Waals surface area contributed by atoms with Crippen LogP contribution in [0.4, 0.5) is 10.1 Å².